The number of rotatable bonds is 4. The number of morpholine rings is 1. The van der Waals surface area contributed by atoms with E-state index in [9.17, 15) is 4.39 Å². The molecule has 0 atom stereocenters. The lowest BCUT2D eigenvalue weighted by Gasteiger charge is -2.27. The highest BCUT2D eigenvalue weighted by molar-refractivity contribution is 5.79. The highest BCUT2D eigenvalue weighted by Gasteiger charge is 2.14. The second kappa shape index (κ2) is 8.26. The Morgan fingerprint density at radius 1 is 0.909 bits per heavy atom. The molecule has 1 aliphatic rings. The molecular formula is C26H22FN5O. The van der Waals surface area contributed by atoms with Crippen molar-refractivity contribution < 1.29 is 9.13 Å². The number of fused-ring (bicyclic) bond motifs is 2. The van der Waals surface area contributed by atoms with Gasteiger partial charge in [-0.15, -0.1) is 0 Å². The van der Waals surface area contributed by atoms with Crippen LogP contribution >= 0.6 is 0 Å². The molecule has 6 nitrogen and oxygen atoms in total. The van der Waals surface area contributed by atoms with Crippen molar-refractivity contribution in [1.82, 2.24) is 19.4 Å². The number of hydrogen-bond acceptors (Lipinski definition) is 5. The summed E-state index contributed by atoms with van der Waals surface area (Å²) in [6.45, 7) is 3.08. The number of ether oxygens (including phenoxy) is 1. The molecule has 4 aromatic heterocycles. The van der Waals surface area contributed by atoms with Gasteiger partial charge in [-0.25, -0.2) is 14.4 Å². The lowest BCUT2D eigenvalue weighted by atomic mass is 10.1. The SMILES string of the molecule is Fc1cc(-c2ccc(N3CCOCC3)nc2)cn2c(Cc3ccc4ncccc4c3)cnc12. The predicted octanol–water partition coefficient (Wildman–Crippen LogP) is 4.51. The van der Waals surface area contributed by atoms with Crippen LogP contribution in [0.5, 0.6) is 0 Å². The van der Waals surface area contributed by atoms with Gasteiger partial charge in [-0.05, 0) is 42.0 Å². The molecule has 33 heavy (non-hydrogen) atoms. The van der Waals surface area contributed by atoms with E-state index in [2.05, 4.69) is 32.0 Å². The van der Waals surface area contributed by atoms with Gasteiger partial charge >= 0.3 is 0 Å². The summed E-state index contributed by atoms with van der Waals surface area (Å²) in [5.74, 6) is 0.566. The lowest BCUT2D eigenvalue weighted by Crippen LogP contribution is -2.36. The highest BCUT2D eigenvalue weighted by atomic mass is 19.1. The number of benzene rings is 1. The molecule has 0 aliphatic carbocycles. The molecule has 5 heterocycles. The van der Waals surface area contributed by atoms with E-state index in [1.54, 1.807) is 18.6 Å². The van der Waals surface area contributed by atoms with Gasteiger partial charge in [-0.1, -0.05) is 12.1 Å². The number of aromatic nitrogens is 4. The molecule has 0 unspecified atom stereocenters. The number of nitrogens with zero attached hydrogens (tertiary/aromatic N) is 5. The molecule has 0 bridgehead atoms. The molecular weight excluding hydrogens is 417 g/mol. The van der Waals surface area contributed by atoms with Gasteiger partial charge in [0.05, 0.1) is 18.7 Å². The number of pyridine rings is 3. The zero-order valence-corrected chi connectivity index (χ0v) is 18.0. The minimum atomic E-state index is -0.348. The smallest absolute Gasteiger partial charge is 0.173 e. The first kappa shape index (κ1) is 19.8. The van der Waals surface area contributed by atoms with Crippen LogP contribution in [0, 0.1) is 5.82 Å². The minimum absolute atomic E-state index is 0.328. The van der Waals surface area contributed by atoms with Crippen molar-refractivity contribution >= 4 is 22.4 Å². The van der Waals surface area contributed by atoms with E-state index in [1.165, 1.54) is 6.07 Å². The quantitative estimate of drug-likeness (QED) is 0.412. The molecule has 0 amide bonds. The number of imidazole rings is 1. The van der Waals surface area contributed by atoms with Crippen LogP contribution in [0.3, 0.4) is 0 Å². The average molecular weight is 439 g/mol. The average Bonchev–Trinajstić information content (AvgIpc) is 3.28. The first-order valence-corrected chi connectivity index (χ1v) is 11.0. The van der Waals surface area contributed by atoms with Crippen molar-refractivity contribution in [2.24, 2.45) is 0 Å². The van der Waals surface area contributed by atoms with Crippen LogP contribution in [0.25, 0.3) is 27.7 Å². The Labute approximate surface area is 190 Å². The predicted molar refractivity (Wildman–Crippen MR) is 126 cm³/mol. The molecule has 0 radical (unpaired) electrons. The largest absolute Gasteiger partial charge is 0.378 e. The fourth-order valence-corrected chi connectivity index (χ4v) is 4.36. The Morgan fingerprint density at radius 3 is 2.67 bits per heavy atom. The van der Waals surface area contributed by atoms with Crippen molar-refractivity contribution in [2.45, 2.75) is 6.42 Å². The van der Waals surface area contributed by atoms with Crippen molar-refractivity contribution in [3.63, 3.8) is 0 Å². The van der Waals surface area contributed by atoms with Crippen LogP contribution in [-0.2, 0) is 11.2 Å². The Bertz CT molecular complexity index is 1440. The van der Waals surface area contributed by atoms with Gasteiger partial charge in [0.15, 0.2) is 11.5 Å². The molecule has 0 spiro atoms. The third-order valence-corrected chi connectivity index (χ3v) is 6.11. The molecule has 1 fully saturated rings. The van der Waals surface area contributed by atoms with E-state index < -0.39 is 0 Å². The first-order chi connectivity index (χ1) is 16.2. The molecule has 0 saturated carbocycles. The Morgan fingerprint density at radius 2 is 1.82 bits per heavy atom. The Hall–Kier alpha value is -3.84. The van der Waals surface area contributed by atoms with Crippen LogP contribution in [0.2, 0.25) is 0 Å². The fraction of sp³-hybridized carbons (Fsp3) is 0.192. The third kappa shape index (κ3) is 3.81. The highest BCUT2D eigenvalue weighted by Crippen LogP contribution is 2.25. The molecule has 6 rings (SSSR count). The van der Waals surface area contributed by atoms with Gasteiger partial charge in [-0.2, -0.15) is 0 Å². The normalized spacial score (nSPS) is 14.3. The van der Waals surface area contributed by atoms with E-state index >= 15 is 0 Å². The van der Waals surface area contributed by atoms with E-state index in [0.717, 1.165) is 52.2 Å². The molecule has 1 aliphatic heterocycles. The number of hydrogen-bond donors (Lipinski definition) is 0. The summed E-state index contributed by atoms with van der Waals surface area (Å²) in [6, 6.07) is 15.7. The van der Waals surface area contributed by atoms with Crippen molar-refractivity contribution in [2.75, 3.05) is 31.2 Å². The monoisotopic (exact) mass is 439 g/mol. The maximum absolute atomic E-state index is 14.9. The molecule has 7 heteroatoms. The standard InChI is InChI=1S/C26H22FN5O/c27-23-14-21(20-4-6-25(29-15-20)31-8-10-33-11-9-31)17-32-22(16-30-26(23)32)13-18-3-5-24-19(12-18)2-1-7-28-24/h1-7,12,14-17H,8-11,13H2. The topological polar surface area (TPSA) is 55.5 Å². The van der Waals surface area contributed by atoms with E-state index in [4.69, 9.17) is 4.74 Å². The summed E-state index contributed by atoms with van der Waals surface area (Å²) in [5.41, 5.74) is 4.97. The van der Waals surface area contributed by atoms with Crippen LogP contribution in [-0.4, -0.2) is 45.7 Å². The zero-order valence-electron chi connectivity index (χ0n) is 18.0. The molecule has 1 aromatic carbocycles. The lowest BCUT2D eigenvalue weighted by molar-refractivity contribution is 0.122. The number of halogens is 1. The minimum Gasteiger partial charge on any atom is -0.378 e. The van der Waals surface area contributed by atoms with Gasteiger partial charge in [-0.3, -0.25) is 4.98 Å². The van der Waals surface area contributed by atoms with Crippen molar-refractivity contribution in [3.05, 3.63) is 90.4 Å². The number of anilines is 1. The maximum Gasteiger partial charge on any atom is 0.173 e. The maximum atomic E-state index is 14.9. The fourth-order valence-electron chi connectivity index (χ4n) is 4.36. The second-order valence-electron chi connectivity index (χ2n) is 8.23. The first-order valence-electron chi connectivity index (χ1n) is 11.0. The van der Waals surface area contributed by atoms with Crippen molar-refractivity contribution in [3.8, 4) is 11.1 Å². The Kier molecular flexibility index (Phi) is 4.96. The summed E-state index contributed by atoms with van der Waals surface area (Å²) < 4.78 is 22.2. The summed E-state index contributed by atoms with van der Waals surface area (Å²) in [7, 11) is 0. The van der Waals surface area contributed by atoms with Crippen LogP contribution < -0.4 is 4.90 Å². The van der Waals surface area contributed by atoms with Gasteiger partial charge in [0, 0.05) is 66.5 Å². The van der Waals surface area contributed by atoms with Crippen LogP contribution in [0.4, 0.5) is 10.2 Å². The summed E-state index contributed by atoms with van der Waals surface area (Å²) in [6.07, 6.45) is 7.92. The van der Waals surface area contributed by atoms with E-state index in [0.29, 0.717) is 25.3 Å². The summed E-state index contributed by atoms with van der Waals surface area (Å²) in [4.78, 5) is 15.5. The van der Waals surface area contributed by atoms with E-state index in [-0.39, 0.29) is 5.82 Å². The molecule has 164 valence electrons. The zero-order chi connectivity index (χ0) is 22.2. The summed E-state index contributed by atoms with van der Waals surface area (Å²) in [5, 5.41) is 1.09. The second-order valence-corrected chi connectivity index (χ2v) is 8.23. The molecule has 1 saturated heterocycles. The molecule has 0 N–H and O–H groups in total. The van der Waals surface area contributed by atoms with Gasteiger partial charge in [0.1, 0.15) is 5.82 Å². The third-order valence-electron chi connectivity index (χ3n) is 6.11. The van der Waals surface area contributed by atoms with Gasteiger partial charge < -0.3 is 14.0 Å². The van der Waals surface area contributed by atoms with Crippen LogP contribution in [0.15, 0.2) is 73.3 Å². The van der Waals surface area contributed by atoms with Gasteiger partial charge in [0.2, 0.25) is 0 Å². The van der Waals surface area contributed by atoms with Crippen LogP contribution in [0.1, 0.15) is 11.3 Å². The Balaban J connectivity index is 1.33. The van der Waals surface area contributed by atoms with Crippen molar-refractivity contribution in [1.29, 1.82) is 0 Å². The molecule has 5 aromatic rings. The van der Waals surface area contributed by atoms with E-state index in [1.807, 2.05) is 40.9 Å². The van der Waals surface area contributed by atoms with Gasteiger partial charge in [0.25, 0.3) is 0 Å². The summed E-state index contributed by atoms with van der Waals surface area (Å²) >= 11 is 0.